The third-order valence-electron chi connectivity index (χ3n) is 3.04. The second kappa shape index (κ2) is 11.7. The van der Waals surface area contributed by atoms with Crippen molar-refractivity contribution in [3.63, 3.8) is 0 Å². The summed E-state index contributed by atoms with van der Waals surface area (Å²) in [5.74, 6) is 0.173. The van der Waals surface area contributed by atoms with Gasteiger partial charge < -0.3 is 0 Å². The summed E-state index contributed by atoms with van der Waals surface area (Å²) in [5, 5.41) is 17.1. The van der Waals surface area contributed by atoms with E-state index in [0.29, 0.717) is 45.2 Å². The SMILES string of the molecule is CCCCCCS(=O)(=O)N(CCCC#N)CCCC#N. The zero-order valence-corrected chi connectivity index (χ0v) is 13.2. The normalized spacial score (nSPS) is 11.2. The van der Waals surface area contributed by atoms with Crippen molar-refractivity contribution in [3.8, 4) is 12.1 Å². The smallest absolute Gasteiger partial charge is 0.212 e. The standard InChI is InChI=1S/C14H25N3O2S/c1-2-3-4-9-14-20(18,19)17(12-7-5-10-15)13-8-6-11-16/h2-9,12-14H2,1H3. The van der Waals surface area contributed by atoms with Gasteiger partial charge in [0.2, 0.25) is 10.0 Å². The molecule has 0 heterocycles. The molecule has 0 aliphatic rings. The lowest BCUT2D eigenvalue weighted by atomic mass is 10.2. The minimum Gasteiger partial charge on any atom is -0.212 e. The lowest BCUT2D eigenvalue weighted by Gasteiger charge is -2.21. The van der Waals surface area contributed by atoms with Crippen LogP contribution in [0.15, 0.2) is 0 Å². The molecule has 20 heavy (non-hydrogen) atoms. The molecule has 0 spiro atoms. The Morgan fingerprint density at radius 1 is 0.900 bits per heavy atom. The van der Waals surface area contributed by atoms with Gasteiger partial charge in [-0.05, 0) is 19.3 Å². The van der Waals surface area contributed by atoms with Gasteiger partial charge in [-0.2, -0.15) is 10.5 Å². The summed E-state index contributed by atoms with van der Waals surface area (Å²) >= 11 is 0. The fourth-order valence-corrected chi connectivity index (χ4v) is 3.54. The van der Waals surface area contributed by atoms with Crippen LogP contribution in [0, 0.1) is 22.7 Å². The molecule has 0 atom stereocenters. The van der Waals surface area contributed by atoms with E-state index in [1.165, 1.54) is 4.31 Å². The molecule has 0 aliphatic heterocycles. The molecule has 114 valence electrons. The molecule has 0 aromatic rings. The highest BCUT2D eigenvalue weighted by Gasteiger charge is 2.20. The molecule has 0 aromatic carbocycles. The van der Waals surface area contributed by atoms with E-state index in [2.05, 4.69) is 6.92 Å². The van der Waals surface area contributed by atoms with Crippen LogP contribution in [0.2, 0.25) is 0 Å². The molecule has 0 saturated heterocycles. The van der Waals surface area contributed by atoms with E-state index < -0.39 is 10.0 Å². The van der Waals surface area contributed by atoms with E-state index in [9.17, 15) is 8.42 Å². The van der Waals surface area contributed by atoms with Crippen molar-refractivity contribution in [1.82, 2.24) is 4.31 Å². The first kappa shape index (κ1) is 18.9. The molecule has 5 nitrogen and oxygen atoms in total. The third kappa shape index (κ3) is 8.90. The summed E-state index contributed by atoms with van der Waals surface area (Å²) < 4.78 is 25.9. The van der Waals surface area contributed by atoms with E-state index >= 15 is 0 Å². The minimum atomic E-state index is -3.25. The molecule has 0 amide bonds. The van der Waals surface area contributed by atoms with Gasteiger partial charge in [0.05, 0.1) is 17.9 Å². The zero-order chi connectivity index (χ0) is 15.3. The molecule has 0 aromatic heterocycles. The van der Waals surface area contributed by atoms with Crippen molar-refractivity contribution in [3.05, 3.63) is 0 Å². The van der Waals surface area contributed by atoms with Crippen molar-refractivity contribution in [2.24, 2.45) is 0 Å². The van der Waals surface area contributed by atoms with E-state index in [1.807, 2.05) is 12.1 Å². The minimum absolute atomic E-state index is 0.173. The Morgan fingerprint density at radius 2 is 1.45 bits per heavy atom. The maximum Gasteiger partial charge on any atom is 0.214 e. The monoisotopic (exact) mass is 299 g/mol. The number of hydrogen-bond acceptors (Lipinski definition) is 4. The van der Waals surface area contributed by atoms with Gasteiger partial charge in [0.1, 0.15) is 0 Å². The van der Waals surface area contributed by atoms with Crippen LogP contribution in [0.4, 0.5) is 0 Å². The highest BCUT2D eigenvalue weighted by atomic mass is 32.2. The van der Waals surface area contributed by atoms with Crippen LogP contribution in [0.1, 0.15) is 58.3 Å². The quantitative estimate of drug-likeness (QED) is 0.519. The van der Waals surface area contributed by atoms with E-state index in [0.717, 1.165) is 19.3 Å². The largest absolute Gasteiger partial charge is 0.214 e. The summed E-state index contributed by atoms with van der Waals surface area (Å²) in [6, 6.07) is 4.06. The van der Waals surface area contributed by atoms with Crippen LogP contribution in [0.5, 0.6) is 0 Å². The van der Waals surface area contributed by atoms with Gasteiger partial charge in [-0.1, -0.05) is 26.2 Å². The van der Waals surface area contributed by atoms with E-state index in [1.54, 1.807) is 0 Å². The lowest BCUT2D eigenvalue weighted by molar-refractivity contribution is 0.400. The molecule has 0 N–H and O–H groups in total. The highest BCUT2D eigenvalue weighted by molar-refractivity contribution is 7.89. The number of nitriles is 2. The van der Waals surface area contributed by atoms with Gasteiger partial charge in [0.15, 0.2) is 0 Å². The molecule has 0 rings (SSSR count). The molecule has 0 aliphatic carbocycles. The Labute approximate surface area is 123 Å². The molecule has 0 radical (unpaired) electrons. The van der Waals surface area contributed by atoms with Crippen molar-refractivity contribution < 1.29 is 8.42 Å². The second-order valence-corrected chi connectivity index (χ2v) is 6.89. The van der Waals surface area contributed by atoms with Crippen molar-refractivity contribution in [2.45, 2.75) is 58.3 Å². The summed E-state index contributed by atoms with van der Waals surface area (Å²) in [5.41, 5.74) is 0. The topological polar surface area (TPSA) is 85.0 Å². The Morgan fingerprint density at radius 3 is 1.90 bits per heavy atom. The third-order valence-corrected chi connectivity index (χ3v) is 5.00. The predicted octanol–water partition coefficient (Wildman–Crippen LogP) is 2.81. The number of hydrogen-bond donors (Lipinski definition) is 0. The summed E-state index contributed by atoms with van der Waals surface area (Å²) in [4.78, 5) is 0. The predicted molar refractivity (Wildman–Crippen MR) is 79.2 cm³/mol. The van der Waals surface area contributed by atoms with Gasteiger partial charge in [-0.15, -0.1) is 0 Å². The molecular formula is C14H25N3O2S. The Hall–Kier alpha value is -1.11. The maximum atomic E-state index is 12.2. The van der Waals surface area contributed by atoms with Gasteiger partial charge in [-0.25, -0.2) is 12.7 Å². The first-order chi connectivity index (χ1) is 9.58. The first-order valence-electron chi connectivity index (χ1n) is 7.30. The fraction of sp³-hybridized carbons (Fsp3) is 0.857. The second-order valence-electron chi connectivity index (χ2n) is 4.80. The van der Waals surface area contributed by atoms with Crippen LogP contribution in [0.25, 0.3) is 0 Å². The lowest BCUT2D eigenvalue weighted by Crippen LogP contribution is -2.34. The number of sulfonamides is 1. The van der Waals surface area contributed by atoms with Gasteiger partial charge in [0, 0.05) is 25.9 Å². The molecule has 0 bridgehead atoms. The van der Waals surface area contributed by atoms with Crippen LogP contribution < -0.4 is 0 Å². The Bertz CT molecular complexity index is 401. The van der Waals surface area contributed by atoms with Gasteiger partial charge in [-0.3, -0.25) is 0 Å². The summed E-state index contributed by atoms with van der Waals surface area (Å²) in [6.45, 7) is 2.86. The van der Waals surface area contributed by atoms with Crippen molar-refractivity contribution in [1.29, 1.82) is 10.5 Å². The average Bonchev–Trinajstić information content (AvgIpc) is 2.42. The van der Waals surface area contributed by atoms with Gasteiger partial charge in [0.25, 0.3) is 0 Å². The van der Waals surface area contributed by atoms with Crippen molar-refractivity contribution in [2.75, 3.05) is 18.8 Å². The van der Waals surface area contributed by atoms with Crippen LogP contribution >= 0.6 is 0 Å². The highest BCUT2D eigenvalue weighted by Crippen LogP contribution is 2.10. The molecule has 0 fully saturated rings. The molecule has 6 heteroatoms. The number of rotatable bonds is 12. The maximum absolute atomic E-state index is 12.2. The summed E-state index contributed by atoms with van der Waals surface area (Å²) in [6.07, 6.45) is 5.57. The average molecular weight is 299 g/mol. The van der Waals surface area contributed by atoms with Gasteiger partial charge >= 0.3 is 0 Å². The summed E-state index contributed by atoms with van der Waals surface area (Å²) in [7, 11) is -3.25. The molecule has 0 unspecified atom stereocenters. The zero-order valence-electron chi connectivity index (χ0n) is 12.3. The number of nitrogens with zero attached hydrogens (tertiary/aromatic N) is 3. The van der Waals surface area contributed by atoms with E-state index in [4.69, 9.17) is 10.5 Å². The molecule has 0 saturated carbocycles. The number of unbranched alkanes of at least 4 members (excludes halogenated alkanes) is 5. The Kier molecular flexibility index (Phi) is 11.0. The van der Waals surface area contributed by atoms with Crippen LogP contribution in [-0.4, -0.2) is 31.6 Å². The molecular weight excluding hydrogens is 274 g/mol. The first-order valence-corrected chi connectivity index (χ1v) is 8.91. The fourth-order valence-electron chi connectivity index (χ4n) is 1.90. The van der Waals surface area contributed by atoms with Crippen molar-refractivity contribution >= 4 is 10.0 Å². The Balaban J connectivity index is 4.38. The van der Waals surface area contributed by atoms with E-state index in [-0.39, 0.29) is 5.75 Å². The van der Waals surface area contributed by atoms with Crippen LogP contribution in [0.3, 0.4) is 0 Å². The van der Waals surface area contributed by atoms with Crippen LogP contribution in [-0.2, 0) is 10.0 Å².